The van der Waals surface area contributed by atoms with Crippen LogP contribution in [-0.2, 0) is 6.54 Å². The number of carbonyl (C=O) groups excluding carboxylic acids is 3. The first-order chi connectivity index (χ1) is 14.1. The number of nitrogens with zero attached hydrogens (tertiary/aromatic N) is 1. The van der Waals surface area contributed by atoms with Gasteiger partial charge in [-0.1, -0.05) is 25.1 Å². The minimum atomic E-state index is -0.323. The molecule has 2 aromatic carbocycles. The summed E-state index contributed by atoms with van der Waals surface area (Å²) in [6.45, 7) is 6.35. The van der Waals surface area contributed by atoms with Crippen molar-refractivity contribution in [3.8, 4) is 5.75 Å². The van der Waals surface area contributed by atoms with Gasteiger partial charge in [-0.15, -0.1) is 12.4 Å². The molecule has 0 aromatic heterocycles. The Hall–Kier alpha value is -2.90. The molecule has 7 nitrogen and oxygen atoms in total. The number of ether oxygens (including phenoxy) is 1. The Morgan fingerprint density at radius 1 is 1.00 bits per heavy atom. The summed E-state index contributed by atoms with van der Waals surface area (Å²) < 4.78 is 5.58. The maximum Gasteiger partial charge on any atom is 0.261 e. The second kappa shape index (κ2) is 10.8. The smallest absolute Gasteiger partial charge is 0.261 e. The lowest BCUT2D eigenvalue weighted by atomic mass is 10.1. The van der Waals surface area contributed by atoms with Crippen LogP contribution in [0.2, 0.25) is 0 Å². The van der Waals surface area contributed by atoms with Crippen LogP contribution in [-0.4, -0.2) is 48.9 Å². The number of amides is 3. The Labute approximate surface area is 182 Å². The molecule has 0 bridgehead atoms. The van der Waals surface area contributed by atoms with E-state index in [1.165, 1.54) is 4.90 Å². The van der Waals surface area contributed by atoms with Crippen molar-refractivity contribution < 1.29 is 19.1 Å². The highest BCUT2D eigenvalue weighted by molar-refractivity contribution is 6.21. The van der Waals surface area contributed by atoms with Crippen LogP contribution in [0.5, 0.6) is 5.75 Å². The fourth-order valence-corrected chi connectivity index (χ4v) is 3.24. The van der Waals surface area contributed by atoms with Crippen molar-refractivity contribution in [2.75, 3.05) is 26.2 Å². The predicted octanol–water partition coefficient (Wildman–Crippen LogP) is 2.64. The standard InChI is InChI=1S/C22H25N3O4.ClH/c1-3-23-11-12-24-20(26)18-13-15(9-10-19(18)29-4-2)14-25-21(27)16-7-5-6-8-17(16)22(25)28;/h5-10,13,23H,3-4,11-12,14H2,1-2H3,(H,24,26);1H. The van der Waals surface area contributed by atoms with Gasteiger partial charge in [0.1, 0.15) is 5.75 Å². The molecule has 1 aliphatic rings. The predicted molar refractivity (Wildman–Crippen MR) is 116 cm³/mol. The van der Waals surface area contributed by atoms with Gasteiger partial charge in [0, 0.05) is 13.1 Å². The highest BCUT2D eigenvalue weighted by atomic mass is 35.5. The van der Waals surface area contributed by atoms with Crippen molar-refractivity contribution in [2.24, 2.45) is 0 Å². The number of carbonyl (C=O) groups is 3. The summed E-state index contributed by atoms with van der Waals surface area (Å²) >= 11 is 0. The molecule has 3 amide bonds. The molecule has 160 valence electrons. The van der Waals surface area contributed by atoms with E-state index in [1.807, 2.05) is 13.8 Å². The molecule has 1 heterocycles. The minimum Gasteiger partial charge on any atom is -0.493 e. The molecule has 2 aromatic rings. The molecule has 0 saturated heterocycles. The first-order valence-electron chi connectivity index (χ1n) is 9.76. The van der Waals surface area contributed by atoms with E-state index in [0.29, 0.717) is 47.7 Å². The van der Waals surface area contributed by atoms with Gasteiger partial charge in [0.15, 0.2) is 0 Å². The van der Waals surface area contributed by atoms with Crippen molar-refractivity contribution in [1.82, 2.24) is 15.5 Å². The Kier molecular flexibility index (Phi) is 8.38. The third-order valence-electron chi connectivity index (χ3n) is 4.64. The van der Waals surface area contributed by atoms with Crippen LogP contribution in [0.25, 0.3) is 0 Å². The second-order valence-electron chi connectivity index (χ2n) is 6.62. The fraction of sp³-hybridized carbons (Fsp3) is 0.318. The minimum absolute atomic E-state index is 0. The zero-order chi connectivity index (χ0) is 20.8. The SMILES string of the molecule is CCNCCNC(=O)c1cc(CN2C(=O)c3ccccc3C2=O)ccc1OCC.Cl. The van der Waals surface area contributed by atoms with Gasteiger partial charge < -0.3 is 15.4 Å². The number of fused-ring (bicyclic) bond motifs is 1. The lowest BCUT2D eigenvalue weighted by Gasteiger charge is -2.16. The van der Waals surface area contributed by atoms with Crippen LogP contribution in [0.4, 0.5) is 0 Å². The van der Waals surface area contributed by atoms with Crippen LogP contribution >= 0.6 is 12.4 Å². The molecule has 0 saturated carbocycles. The molecule has 8 heteroatoms. The van der Waals surface area contributed by atoms with E-state index in [1.54, 1.807) is 42.5 Å². The average molecular weight is 432 g/mol. The number of rotatable bonds is 9. The van der Waals surface area contributed by atoms with E-state index in [2.05, 4.69) is 10.6 Å². The van der Waals surface area contributed by atoms with Crippen molar-refractivity contribution in [2.45, 2.75) is 20.4 Å². The maximum absolute atomic E-state index is 12.6. The number of hydrogen-bond acceptors (Lipinski definition) is 5. The van der Waals surface area contributed by atoms with Crippen molar-refractivity contribution >= 4 is 30.1 Å². The number of hydrogen-bond donors (Lipinski definition) is 2. The van der Waals surface area contributed by atoms with E-state index in [4.69, 9.17) is 4.74 Å². The molecule has 0 radical (unpaired) electrons. The number of halogens is 1. The zero-order valence-electron chi connectivity index (χ0n) is 17.1. The molecule has 0 aliphatic carbocycles. The van der Waals surface area contributed by atoms with E-state index in [-0.39, 0.29) is 36.7 Å². The Balaban J connectivity index is 0.00000320. The lowest BCUT2D eigenvalue weighted by molar-refractivity contribution is 0.0642. The molecule has 3 rings (SSSR count). The first-order valence-corrected chi connectivity index (χ1v) is 9.76. The quantitative estimate of drug-likeness (QED) is 0.470. The van der Waals surface area contributed by atoms with Crippen molar-refractivity contribution in [1.29, 1.82) is 0 Å². The van der Waals surface area contributed by atoms with Crippen LogP contribution in [0.3, 0.4) is 0 Å². The summed E-state index contributed by atoms with van der Waals surface area (Å²) in [5, 5.41) is 6.00. The fourth-order valence-electron chi connectivity index (χ4n) is 3.24. The molecule has 0 fully saturated rings. The molecule has 0 spiro atoms. The van der Waals surface area contributed by atoms with E-state index in [9.17, 15) is 14.4 Å². The Bertz CT molecular complexity index is 897. The van der Waals surface area contributed by atoms with E-state index in [0.717, 1.165) is 6.54 Å². The van der Waals surface area contributed by atoms with Gasteiger partial charge in [-0.2, -0.15) is 0 Å². The number of nitrogens with one attached hydrogen (secondary N) is 2. The van der Waals surface area contributed by atoms with Crippen LogP contribution < -0.4 is 15.4 Å². The normalized spacial score (nSPS) is 12.4. The largest absolute Gasteiger partial charge is 0.493 e. The summed E-state index contributed by atoms with van der Waals surface area (Å²) in [6.07, 6.45) is 0. The number of benzene rings is 2. The monoisotopic (exact) mass is 431 g/mol. The van der Waals surface area contributed by atoms with E-state index < -0.39 is 0 Å². The van der Waals surface area contributed by atoms with Gasteiger partial charge in [-0.25, -0.2) is 0 Å². The molecule has 0 unspecified atom stereocenters. The molecular weight excluding hydrogens is 406 g/mol. The van der Waals surface area contributed by atoms with E-state index >= 15 is 0 Å². The molecule has 0 atom stereocenters. The maximum atomic E-state index is 12.6. The van der Waals surface area contributed by atoms with Gasteiger partial charge in [-0.05, 0) is 43.3 Å². The van der Waals surface area contributed by atoms with Gasteiger partial charge in [0.2, 0.25) is 0 Å². The molecule has 2 N–H and O–H groups in total. The summed E-state index contributed by atoms with van der Waals surface area (Å²) in [7, 11) is 0. The lowest BCUT2D eigenvalue weighted by Crippen LogP contribution is -2.32. The number of likely N-dealkylation sites (N-methyl/N-ethyl adjacent to an activating group) is 1. The summed E-state index contributed by atoms with van der Waals surface area (Å²) in [4.78, 5) is 39.0. The second-order valence-corrected chi connectivity index (χ2v) is 6.62. The third kappa shape index (κ3) is 4.98. The molecule has 1 aliphatic heterocycles. The van der Waals surface area contributed by atoms with Crippen LogP contribution in [0.1, 0.15) is 50.5 Å². The average Bonchev–Trinajstić information content (AvgIpc) is 2.97. The number of imide groups is 1. The highest BCUT2D eigenvalue weighted by Gasteiger charge is 2.35. The molecular formula is C22H26ClN3O4. The Morgan fingerprint density at radius 2 is 1.67 bits per heavy atom. The summed E-state index contributed by atoms with van der Waals surface area (Å²) in [6, 6.07) is 11.9. The topological polar surface area (TPSA) is 87.7 Å². The Morgan fingerprint density at radius 3 is 2.27 bits per heavy atom. The highest BCUT2D eigenvalue weighted by Crippen LogP contribution is 2.26. The van der Waals surface area contributed by atoms with Crippen LogP contribution in [0, 0.1) is 0 Å². The first kappa shape index (κ1) is 23.4. The van der Waals surface area contributed by atoms with Crippen molar-refractivity contribution in [3.05, 3.63) is 64.7 Å². The van der Waals surface area contributed by atoms with Gasteiger partial charge >= 0.3 is 0 Å². The third-order valence-corrected chi connectivity index (χ3v) is 4.64. The van der Waals surface area contributed by atoms with Crippen LogP contribution in [0.15, 0.2) is 42.5 Å². The van der Waals surface area contributed by atoms with Gasteiger partial charge in [0.25, 0.3) is 17.7 Å². The molecule has 30 heavy (non-hydrogen) atoms. The van der Waals surface area contributed by atoms with Crippen molar-refractivity contribution in [3.63, 3.8) is 0 Å². The summed E-state index contributed by atoms with van der Waals surface area (Å²) in [5.74, 6) is -0.428. The van der Waals surface area contributed by atoms with Gasteiger partial charge in [-0.3, -0.25) is 19.3 Å². The van der Waals surface area contributed by atoms with Gasteiger partial charge in [0.05, 0.1) is 29.8 Å². The zero-order valence-corrected chi connectivity index (χ0v) is 17.9. The summed E-state index contributed by atoms with van der Waals surface area (Å²) in [5.41, 5.74) is 1.88.